The number of carbonyl (C=O) groups is 1. The summed E-state index contributed by atoms with van der Waals surface area (Å²) in [5, 5.41) is 3.97. The SMILES string of the molecule is CC(C)C(NC(=O)C1CCCCC1)c1ccc(Cl)cc1. The van der Waals surface area contributed by atoms with Gasteiger partial charge in [-0.05, 0) is 36.5 Å². The average molecular weight is 294 g/mol. The highest BCUT2D eigenvalue weighted by Gasteiger charge is 2.25. The Morgan fingerprint density at radius 2 is 1.75 bits per heavy atom. The van der Waals surface area contributed by atoms with Crippen molar-refractivity contribution in [3.8, 4) is 0 Å². The number of hydrogen-bond donors (Lipinski definition) is 1. The van der Waals surface area contributed by atoms with Gasteiger partial charge < -0.3 is 5.32 Å². The fourth-order valence-electron chi connectivity index (χ4n) is 2.94. The summed E-state index contributed by atoms with van der Waals surface area (Å²) in [7, 11) is 0. The number of amides is 1. The van der Waals surface area contributed by atoms with Crippen molar-refractivity contribution in [1.82, 2.24) is 5.32 Å². The number of hydrogen-bond acceptors (Lipinski definition) is 1. The second-order valence-electron chi connectivity index (χ2n) is 6.12. The summed E-state index contributed by atoms with van der Waals surface area (Å²) in [5.74, 6) is 0.791. The van der Waals surface area contributed by atoms with Gasteiger partial charge in [-0.15, -0.1) is 0 Å². The first-order chi connectivity index (χ1) is 9.58. The van der Waals surface area contributed by atoms with E-state index >= 15 is 0 Å². The van der Waals surface area contributed by atoms with Crippen LogP contribution in [0.25, 0.3) is 0 Å². The fourth-order valence-corrected chi connectivity index (χ4v) is 3.07. The number of nitrogens with one attached hydrogen (secondary N) is 1. The third-order valence-electron chi connectivity index (χ3n) is 4.17. The van der Waals surface area contributed by atoms with Crippen LogP contribution >= 0.6 is 11.6 Å². The molecule has 20 heavy (non-hydrogen) atoms. The Hall–Kier alpha value is -1.02. The Balaban J connectivity index is 2.05. The predicted octanol–water partition coefficient (Wildman–Crippen LogP) is 4.73. The molecule has 1 unspecified atom stereocenters. The van der Waals surface area contributed by atoms with E-state index in [1.165, 1.54) is 19.3 Å². The van der Waals surface area contributed by atoms with Gasteiger partial charge in [0, 0.05) is 10.9 Å². The Kier molecular flexibility index (Phi) is 5.47. The molecule has 110 valence electrons. The van der Waals surface area contributed by atoms with E-state index in [2.05, 4.69) is 19.2 Å². The van der Waals surface area contributed by atoms with E-state index in [0.717, 1.165) is 23.4 Å². The van der Waals surface area contributed by atoms with Crippen molar-refractivity contribution in [3.05, 3.63) is 34.9 Å². The highest BCUT2D eigenvalue weighted by molar-refractivity contribution is 6.30. The van der Waals surface area contributed by atoms with E-state index in [-0.39, 0.29) is 17.9 Å². The second-order valence-corrected chi connectivity index (χ2v) is 6.55. The highest BCUT2D eigenvalue weighted by atomic mass is 35.5. The first kappa shape index (κ1) is 15.4. The van der Waals surface area contributed by atoms with Crippen molar-refractivity contribution in [3.63, 3.8) is 0 Å². The van der Waals surface area contributed by atoms with E-state index in [0.29, 0.717) is 5.92 Å². The number of rotatable bonds is 4. The van der Waals surface area contributed by atoms with Crippen LogP contribution < -0.4 is 5.32 Å². The molecule has 1 aliphatic rings. The van der Waals surface area contributed by atoms with Crippen molar-refractivity contribution >= 4 is 17.5 Å². The van der Waals surface area contributed by atoms with Gasteiger partial charge in [-0.1, -0.05) is 56.8 Å². The zero-order valence-electron chi connectivity index (χ0n) is 12.4. The van der Waals surface area contributed by atoms with Gasteiger partial charge in [0.25, 0.3) is 0 Å². The maximum Gasteiger partial charge on any atom is 0.223 e. The summed E-state index contributed by atoms with van der Waals surface area (Å²) in [6.45, 7) is 4.28. The molecule has 1 atom stereocenters. The van der Waals surface area contributed by atoms with Crippen molar-refractivity contribution < 1.29 is 4.79 Å². The minimum atomic E-state index is 0.0710. The lowest BCUT2D eigenvalue weighted by atomic mass is 9.87. The third kappa shape index (κ3) is 3.99. The van der Waals surface area contributed by atoms with Crippen LogP contribution in [0.4, 0.5) is 0 Å². The lowest BCUT2D eigenvalue weighted by Gasteiger charge is -2.27. The first-order valence-corrected chi connectivity index (χ1v) is 8.01. The van der Waals surface area contributed by atoms with Gasteiger partial charge in [-0.3, -0.25) is 4.79 Å². The maximum atomic E-state index is 12.4. The molecule has 1 aliphatic carbocycles. The van der Waals surface area contributed by atoms with Gasteiger partial charge >= 0.3 is 0 Å². The summed E-state index contributed by atoms with van der Waals surface area (Å²) in [5.41, 5.74) is 1.13. The van der Waals surface area contributed by atoms with Crippen LogP contribution in [-0.4, -0.2) is 5.91 Å². The zero-order chi connectivity index (χ0) is 14.5. The van der Waals surface area contributed by atoms with Crippen molar-refractivity contribution in [1.29, 1.82) is 0 Å². The van der Waals surface area contributed by atoms with Gasteiger partial charge in [0.1, 0.15) is 0 Å². The molecule has 1 fully saturated rings. The molecule has 0 radical (unpaired) electrons. The summed E-state index contributed by atoms with van der Waals surface area (Å²) in [4.78, 5) is 12.4. The number of benzene rings is 1. The van der Waals surface area contributed by atoms with E-state index in [1.807, 2.05) is 24.3 Å². The summed E-state index contributed by atoms with van der Waals surface area (Å²) in [6, 6.07) is 7.86. The molecule has 1 aromatic rings. The summed E-state index contributed by atoms with van der Waals surface area (Å²) in [6.07, 6.45) is 5.72. The van der Waals surface area contributed by atoms with Crippen molar-refractivity contribution in [2.24, 2.45) is 11.8 Å². The molecular weight excluding hydrogens is 270 g/mol. The monoisotopic (exact) mass is 293 g/mol. The number of halogens is 1. The van der Waals surface area contributed by atoms with Crippen molar-refractivity contribution in [2.45, 2.75) is 52.0 Å². The van der Waals surface area contributed by atoms with E-state index in [4.69, 9.17) is 11.6 Å². The van der Waals surface area contributed by atoms with Crippen LogP contribution in [0.5, 0.6) is 0 Å². The Labute approximate surface area is 126 Å². The molecule has 0 bridgehead atoms. The van der Waals surface area contributed by atoms with Gasteiger partial charge in [-0.25, -0.2) is 0 Å². The van der Waals surface area contributed by atoms with Crippen LogP contribution in [0.15, 0.2) is 24.3 Å². The molecule has 1 aromatic carbocycles. The number of carbonyl (C=O) groups excluding carboxylic acids is 1. The average Bonchev–Trinajstić information content (AvgIpc) is 2.46. The maximum absolute atomic E-state index is 12.4. The van der Waals surface area contributed by atoms with Crippen LogP contribution in [0.2, 0.25) is 5.02 Å². The molecule has 0 saturated heterocycles. The topological polar surface area (TPSA) is 29.1 Å². The van der Waals surface area contributed by atoms with Crippen LogP contribution in [0, 0.1) is 11.8 Å². The molecule has 1 amide bonds. The third-order valence-corrected chi connectivity index (χ3v) is 4.42. The summed E-state index contributed by atoms with van der Waals surface area (Å²) >= 11 is 5.94. The Morgan fingerprint density at radius 1 is 1.15 bits per heavy atom. The van der Waals surface area contributed by atoms with Gasteiger partial charge in [0.2, 0.25) is 5.91 Å². The molecule has 1 saturated carbocycles. The second kappa shape index (κ2) is 7.12. The molecule has 0 aliphatic heterocycles. The Bertz CT molecular complexity index is 435. The van der Waals surface area contributed by atoms with Crippen molar-refractivity contribution in [2.75, 3.05) is 0 Å². The zero-order valence-corrected chi connectivity index (χ0v) is 13.1. The lowest BCUT2D eigenvalue weighted by Crippen LogP contribution is -2.37. The molecule has 2 rings (SSSR count). The minimum absolute atomic E-state index is 0.0710. The smallest absolute Gasteiger partial charge is 0.223 e. The van der Waals surface area contributed by atoms with Gasteiger partial charge in [0.05, 0.1) is 6.04 Å². The molecule has 2 nitrogen and oxygen atoms in total. The lowest BCUT2D eigenvalue weighted by molar-refractivity contribution is -0.127. The highest BCUT2D eigenvalue weighted by Crippen LogP contribution is 2.27. The quantitative estimate of drug-likeness (QED) is 0.854. The molecular formula is C17H24ClNO. The van der Waals surface area contributed by atoms with Gasteiger partial charge in [0.15, 0.2) is 0 Å². The van der Waals surface area contributed by atoms with Crippen LogP contribution in [0.1, 0.15) is 57.6 Å². The molecule has 0 spiro atoms. The van der Waals surface area contributed by atoms with Crippen LogP contribution in [-0.2, 0) is 4.79 Å². The fraction of sp³-hybridized carbons (Fsp3) is 0.588. The molecule has 0 aromatic heterocycles. The first-order valence-electron chi connectivity index (χ1n) is 7.64. The summed E-state index contributed by atoms with van der Waals surface area (Å²) < 4.78 is 0. The largest absolute Gasteiger partial charge is 0.349 e. The standard InChI is InChI=1S/C17H24ClNO/c1-12(2)16(13-8-10-15(18)11-9-13)19-17(20)14-6-4-3-5-7-14/h8-12,14,16H,3-7H2,1-2H3,(H,19,20). The molecule has 1 N–H and O–H groups in total. The Morgan fingerprint density at radius 3 is 2.30 bits per heavy atom. The molecule has 0 heterocycles. The normalized spacial score (nSPS) is 18.0. The van der Waals surface area contributed by atoms with E-state index in [1.54, 1.807) is 0 Å². The predicted molar refractivity (Wildman–Crippen MR) is 83.7 cm³/mol. The van der Waals surface area contributed by atoms with Crippen LogP contribution in [0.3, 0.4) is 0 Å². The minimum Gasteiger partial charge on any atom is -0.349 e. The van der Waals surface area contributed by atoms with Gasteiger partial charge in [-0.2, -0.15) is 0 Å². The van der Waals surface area contributed by atoms with E-state index in [9.17, 15) is 4.79 Å². The molecule has 3 heteroatoms. The van der Waals surface area contributed by atoms with E-state index < -0.39 is 0 Å².